The third-order valence-electron chi connectivity index (χ3n) is 5.76. The van der Waals surface area contributed by atoms with Crippen LogP contribution >= 0.6 is 0 Å². The van der Waals surface area contributed by atoms with Gasteiger partial charge in [0.05, 0.1) is 0 Å². The number of hydrogen-bond acceptors (Lipinski definition) is 2. The molecule has 4 nitrogen and oxygen atoms in total. The second-order valence-electron chi connectivity index (χ2n) is 7.34. The predicted molar refractivity (Wildman–Crippen MR) is 81.6 cm³/mol. The molecular formula is C17H28N2O2. The van der Waals surface area contributed by atoms with Gasteiger partial charge in [-0.15, -0.1) is 0 Å². The van der Waals surface area contributed by atoms with Crippen LogP contribution in [0.25, 0.3) is 0 Å². The van der Waals surface area contributed by atoms with Gasteiger partial charge in [0.2, 0.25) is 11.8 Å². The van der Waals surface area contributed by atoms with Crippen molar-refractivity contribution in [1.82, 2.24) is 10.2 Å². The number of carbonyl (C=O) groups excluding carboxylic acids is 2. The molecule has 118 valence electrons. The van der Waals surface area contributed by atoms with Crippen molar-refractivity contribution in [3.63, 3.8) is 0 Å². The molecule has 0 radical (unpaired) electrons. The van der Waals surface area contributed by atoms with E-state index in [1.807, 2.05) is 11.8 Å². The second kappa shape index (κ2) is 5.62. The van der Waals surface area contributed by atoms with Crippen molar-refractivity contribution in [3.8, 4) is 0 Å². The molecule has 2 aliphatic carbocycles. The lowest BCUT2D eigenvalue weighted by molar-refractivity contribution is -0.159. The van der Waals surface area contributed by atoms with Crippen molar-refractivity contribution in [2.24, 2.45) is 11.8 Å². The molecule has 21 heavy (non-hydrogen) atoms. The van der Waals surface area contributed by atoms with Gasteiger partial charge in [-0.2, -0.15) is 0 Å². The van der Waals surface area contributed by atoms with Gasteiger partial charge in [-0.1, -0.05) is 26.2 Å². The van der Waals surface area contributed by atoms with Gasteiger partial charge in [-0.05, 0) is 50.9 Å². The Hall–Kier alpha value is -1.06. The Labute approximate surface area is 127 Å². The molecule has 0 aromatic carbocycles. The predicted octanol–water partition coefficient (Wildman–Crippen LogP) is 2.47. The van der Waals surface area contributed by atoms with E-state index in [0.717, 1.165) is 32.2 Å². The molecule has 0 aromatic heterocycles. The quantitative estimate of drug-likeness (QED) is 0.846. The van der Waals surface area contributed by atoms with Crippen LogP contribution in [0, 0.1) is 11.8 Å². The van der Waals surface area contributed by atoms with Gasteiger partial charge in [0.1, 0.15) is 11.6 Å². The monoisotopic (exact) mass is 292 g/mol. The molecule has 1 aliphatic heterocycles. The number of hydrogen-bond donors (Lipinski definition) is 1. The summed E-state index contributed by atoms with van der Waals surface area (Å²) in [5, 5.41) is 3.00. The minimum Gasteiger partial charge on any atom is -0.342 e. The standard InChI is InChI=1S/C17H28N2O2/c1-3-6-14-15(20)19(11-12-7-4-5-8-12)17(2,13-9-10-13)16(21)18-14/h12-14H,3-11H2,1-2H3,(H,18,21). The van der Waals surface area contributed by atoms with Gasteiger partial charge < -0.3 is 10.2 Å². The largest absolute Gasteiger partial charge is 0.342 e. The first-order chi connectivity index (χ1) is 10.1. The second-order valence-corrected chi connectivity index (χ2v) is 7.34. The van der Waals surface area contributed by atoms with E-state index in [1.165, 1.54) is 25.7 Å². The maximum atomic E-state index is 12.9. The van der Waals surface area contributed by atoms with Gasteiger partial charge >= 0.3 is 0 Å². The SMILES string of the molecule is CCCC1NC(=O)C(C)(C2CC2)N(CC2CCCC2)C1=O. The van der Waals surface area contributed by atoms with E-state index in [2.05, 4.69) is 12.2 Å². The van der Waals surface area contributed by atoms with Crippen LogP contribution in [0.1, 0.15) is 65.2 Å². The molecular weight excluding hydrogens is 264 g/mol. The fraction of sp³-hybridized carbons (Fsp3) is 0.882. The van der Waals surface area contributed by atoms with E-state index in [0.29, 0.717) is 11.8 Å². The van der Waals surface area contributed by atoms with Crippen molar-refractivity contribution in [3.05, 3.63) is 0 Å². The summed E-state index contributed by atoms with van der Waals surface area (Å²) >= 11 is 0. The highest BCUT2D eigenvalue weighted by Gasteiger charge is 2.57. The Balaban J connectivity index is 1.83. The Morgan fingerprint density at radius 3 is 2.43 bits per heavy atom. The molecule has 0 bridgehead atoms. The summed E-state index contributed by atoms with van der Waals surface area (Å²) < 4.78 is 0. The van der Waals surface area contributed by atoms with Crippen LogP contribution < -0.4 is 5.32 Å². The van der Waals surface area contributed by atoms with Crippen molar-refractivity contribution < 1.29 is 9.59 Å². The van der Waals surface area contributed by atoms with Crippen molar-refractivity contribution in [2.45, 2.75) is 76.8 Å². The smallest absolute Gasteiger partial charge is 0.246 e. The average molecular weight is 292 g/mol. The fourth-order valence-electron chi connectivity index (χ4n) is 4.17. The third kappa shape index (κ3) is 2.58. The van der Waals surface area contributed by atoms with E-state index < -0.39 is 5.54 Å². The van der Waals surface area contributed by atoms with Crippen LogP contribution in [0.5, 0.6) is 0 Å². The van der Waals surface area contributed by atoms with Crippen LogP contribution in [0.15, 0.2) is 0 Å². The topological polar surface area (TPSA) is 49.4 Å². The van der Waals surface area contributed by atoms with Crippen molar-refractivity contribution >= 4 is 11.8 Å². The highest BCUT2D eigenvalue weighted by molar-refractivity contribution is 6.00. The first kappa shape index (κ1) is 14.9. The minimum absolute atomic E-state index is 0.0843. The van der Waals surface area contributed by atoms with Crippen molar-refractivity contribution in [1.29, 1.82) is 0 Å². The van der Waals surface area contributed by atoms with Crippen LogP contribution in [-0.2, 0) is 9.59 Å². The highest BCUT2D eigenvalue weighted by atomic mass is 16.2. The first-order valence-corrected chi connectivity index (χ1v) is 8.69. The summed E-state index contributed by atoms with van der Waals surface area (Å²) in [6.45, 7) is 4.85. The molecule has 0 spiro atoms. The zero-order valence-corrected chi connectivity index (χ0v) is 13.4. The number of rotatable bonds is 5. The van der Waals surface area contributed by atoms with E-state index in [4.69, 9.17) is 0 Å². The molecule has 0 aromatic rings. The van der Waals surface area contributed by atoms with Crippen LogP contribution in [0.2, 0.25) is 0 Å². The van der Waals surface area contributed by atoms with Gasteiger partial charge in [0.15, 0.2) is 0 Å². The van der Waals surface area contributed by atoms with E-state index in [9.17, 15) is 9.59 Å². The summed E-state index contributed by atoms with van der Waals surface area (Å²) in [5.41, 5.74) is -0.593. The number of nitrogens with one attached hydrogen (secondary N) is 1. The van der Waals surface area contributed by atoms with Crippen LogP contribution in [0.3, 0.4) is 0 Å². The van der Waals surface area contributed by atoms with Crippen molar-refractivity contribution in [2.75, 3.05) is 6.54 Å². The zero-order chi connectivity index (χ0) is 15.0. The lowest BCUT2D eigenvalue weighted by Crippen LogP contribution is -2.71. The molecule has 2 saturated carbocycles. The lowest BCUT2D eigenvalue weighted by Gasteiger charge is -2.47. The summed E-state index contributed by atoms with van der Waals surface area (Å²) in [6, 6.07) is -0.296. The highest BCUT2D eigenvalue weighted by Crippen LogP contribution is 2.45. The maximum absolute atomic E-state index is 12.9. The maximum Gasteiger partial charge on any atom is 0.246 e. The summed E-state index contributed by atoms with van der Waals surface area (Å²) in [6.07, 6.45) is 8.82. The number of nitrogens with zero attached hydrogens (tertiary/aromatic N) is 1. The van der Waals surface area contributed by atoms with Gasteiger partial charge in [-0.25, -0.2) is 0 Å². The molecule has 3 rings (SSSR count). The third-order valence-corrected chi connectivity index (χ3v) is 5.76. The molecule has 2 amide bonds. The minimum atomic E-state index is -0.593. The van der Waals surface area contributed by atoms with E-state index in [-0.39, 0.29) is 17.9 Å². The average Bonchev–Trinajstić information content (AvgIpc) is 3.19. The van der Waals surface area contributed by atoms with Gasteiger partial charge in [0.25, 0.3) is 0 Å². The van der Waals surface area contributed by atoms with Gasteiger partial charge in [0, 0.05) is 6.54 Å². The Morgan fingerprint density at radius 1 is 1.19 bits per heavy atom. The summed E-state index contributed by atoms with van der Waals surface area (Å²) in [4.78, 5) is 27.6. The lowest BCUT2D eigenvalue weighted by atomic mass is 9.86. The molecule has 1 heterocycles. The van der Waals surface area contributed by atoms with E-state index >= 15 is 0 Å². The fourth-order valence-corrected chi connectivity index (χ4v) is 4.17. The Morgan fingerprint density at radius 2 is 1.86 bits per heavy atom. The Bertz CT molecular complexity index is 427. The molecule has 1 N–H and O–H groups in total. The van der Waals surface area contributed by atoms with Gasteiger partial charge in [-0.3, -0.25) is 9.59 Å². The normalized spacial score (nSPS) is 34.4. The van der Waals surface area contributed by atoms with E-state index in [1.54, 1.807) is 0 Å². The van der Waals surface area contributed by atoms with Crippen LogP contribution in [-0.4, -0.2) is 34.8 Å². The number of carbonyl (C=O) groups is 2. The summed E-state index contributed by atoms with van der Waals surface area (Å²) in [7, 11) is 0. The molecule has 2 unspecified atom stereocenters. The molecule has 4 heteroatoms. The molecule has 1 saturated heterocycles. The number of piperazine rings is 1. The van der Waals surface area contributed by atoms with Crippen LogP contribution in [0.4, 0.5) is 0 Å². The zero-order valence-electron chi connectivity index (χ0n) is 13.4. The molecule has 3 aliphatic rings. The Kier molecular flexibility index (Phi) is 3.98. The summed E-state index contributed by atoms with van der Waals surface area (Å²) in [5.74, 6) is 1.21. The molecule has 2 atom stereocenters. The number of amides is 2. The molecule has 3 fully saturated rings. The first-order valence-electron chi connectivity index (χ1n) is 8.69.